The van der Waals surface area contributed by atoms with E-state index in [0.717, 1.165) is 30.5 Å². The van der Waals surface area contributed by atoms with Crippen LogP contribution in [0.4, 0.5) is 5.69 Å². The fourth-order valence-corrected chi connectivity index (χ4v) is 4.18. The quantitative estimate of drug-likeness (QED) is 0.316. The van der Waals surface area contributed by atoms with Gasteiger partial charge < -0.3 is 4.90 Å². The number of anilines is 1. The highest BCUT2D eigenvalue weighted by molar-refractivity contribution is 6.35. The fraction of sp³-hybridized carbons (Fsp3) is 0.500. The number of carbonyl (C=O) groups is 1. The predicted octanol–water partition coefficient (Wildman–Crippen LogP) is 8.01. The number of halogens is 2. The standard InChI is InChI=1S/C24H32Cl2N2O/c1-3-5-6-7-8-9-10-13-24(29)28(22-16-20(25)15-21(26)17-22)23(4-2)19-12-11-14-27-18-19/h11-12,14-18,23H,3-10,13H2,1-2H3. The lowest BCUT2D eigenvalue weighted by Gasteiger charge is -2.32. The van der Waals surface area contributed by atoms with Crippen molar-refractivity contribution >= 4 is 34.8 Å². The van der Waals surface area contributed by atoms with Crippen LogP contribution in [0, 0.1) is 0 Å². The van der Waals surface area contributed by atoms with Crippen LogP contribution in [0.5, 0.6) is 0 Å². The van der Waals surface area contributed by atoms with Crippen molar-refractivity contribution < 1.29 is 4.79 Å². The summed E-state index contributed by atoms with van der Waals surface area (Å²) in [7, 11) is 0. The highest BCUT2D eigenvalue weighted by Gasteiger charge is 2.26. The molecule has 1 unspecified atom stereocenters. The molecule has 0 saturated heterocycles. The van der Waals surface area contributed by atoms with Crippen molar-refractivity contribution in [3.8, 4) is 0 Å². The first kappa shape index (κ1) is 23.7. The van der Waals surface area contributed by atoms with Crippen LogP contribution in [0.1, 0.15) is 83.2 Å². The highest BCUT2D eigenvalue weighted by Crippen LogP contribution is 2.34. The summed E-state index contributed by atoms with van der Waals surface area (Å²) in [6.45, 7) is 4.31. The van der Waals surface area contributed by atoms with Crippen LogP contribution < -0.4 is 4.90 Å². The Morgan fingerprint density at radius 3 is 2.24 bits per heavy atom. The zero-order valence-electron chi connectivity index (χ0n) is 17.5. The first-order valence-corrected chi connectivity index (χ1v) is 11.5. The maximum Gasteiger partial charge on any atom is 0.227 e. The van der Waals surface area contributed by atoms with Gasteiger partial charge in [0.1, 0.15) is 0 Å². The lowest BCUT2D eigenvalue weighted by molar-refractivity contribution is -0.119. The molecular formula is C24H32Cl2N2O. The van der Waals surface area contributed by atoms with E-state index in [1.54, 1.807) is 12.3 Å². The summed E-state index contributed by atoms with van der Waals surface area (Å²) in [5.74, 6) is 0.104. The number of amides is 1. The summed E-state index contributed by atoms with van der Waals surface area (Å²) in [4.78, 5) is 19.4. The number of unbranched alkanes of at least 4 members (excludes halogenated alkanes) is 6. The first-order valence-electron chi connectivity index (χ1n) is 10.7. The van der Waals surface area contributed by atoms with Gasteiger partial charge in [-0.25, -0.2) is 0 Å². The molecule has 0 N–H and O–H groups in total. The fourth-order valence-electron chi connectivity index (χ4n) is 3.67. The van der Waals surface area contributed by atoms with Crippen LogP contribution in [0.25, 0.3) is 0 Å². The van der Waals surface area contributed by atoms with Gasteiger partial charge in [0.25, 0.3) is 0 Å². The largest absolute Gasteiger partial charge is 0.305 e. The van der Waals surface area contributed by atoms with Crippen molar-refractivity contribution in [3.05, 3.63) is 58.3 Å². The molecule has 1 atom stereocenters. The van der Waals surface area contributed by atoms with Crippen molar-refractivity contribution in [1.29, 1.82) is 0 Å². The molecule has 0 aliphatic rings. The van der Waals surface area contributed by atoms with Crippen molar-refractivity contribution in [2.24, 2.45) is 0 Å². The molecule has 2 rings (SSSR count). The molecule has 0 radical (unpaired) electrons. The Morgan fingerprint density at radius 2 is 1.66 bits per heavy atom. The van der Waals surface area contributed by atoms with Gasteiger partial charge in [0, 0.05) is 34.5 Å². The Morgan fingerprint density at radius 1 is 1.00 bits per heavy atom. The van der Waals surface area contributed by atoms with E-state index in [0.29, 0.717) is 16.5 Å². The number of pyridine rings is 1. The lowest BCUT2D eigenvalue weighted by atomic mass is 10.0. The van der Waals surface area contributed by atoms with Crippen molar-refractivity contribution in [2.75, 3.05) is 4.90 Å². The van der Waals surface area contributed by atoms with Gasteiger partial charge in [0.05, 0.1) is 6.04 Å². The zero-order chi connectivity index (χ0) is 21.1. The smallest absolute Gasteiger partial charge is 0.227 e. The van der Waals surface area contributed by atoms with E-state index in [1.807, 2.05) is 35.4 Å². The summed E-state index contributed by atoms with van der Waals surface area (Å²) in [6, 6.07) is 9.14. The average molecular weight is 435 g/mol. The monoisotopic (exact) mass is 434 g/mol. The van der Waals surface area contributed by atoms with E-state index < -0.39 is 0 Å². The third-order valence-corrected chi connectivity index (χ3v) is 5.59. The SMILES string of the molecule is CCCCCCCCCC(=O)N(c1cc(Cl)cc(Cl)c1)C(CC)c1cccnc1. The van der Waals surface area contributed by atoms with Crippen LogP contribution in [-0.2, 0) is 4.79 Å². The van der Waals surface area contributed by atoms with Gasteiger partial charge in [0.15, 0.2) is 0 Å². The van der Waals surface area contributed by atoms with Gasteiger partial charge >= 0.3 is 0 Å². The van der Waals surface area contributed by atoms with Crippen LogP contribution in [-0.4, -0.2) is 10.9 Å². The van der Waals surface area contributed by atoms with Crippen LogP contribution >= 0.6 is 23.2 Å². The Balaban J connectivity index is 2.15. The van der Waals surface area contributed by atoms with Gasteiger partial charge in [-0.2, -0.15) is 0 Å². The highest BCUT2D eigenvalue weighted by atomic mass is 35.5. The Kier molecular flexibility index (Phi) is 10.5. The van der Waals surface area contributed by atoms with Gasteiger partial charge in [-0.15, -0.1) is 0 Å². The van der Waals surface area contributed by atoms with Crippen molar-refractivity contribution in [1.82, 2.24) is 4.98 Å². The van der Waals surface area contributed by atoms with E-state index in [-0.39, 0.29) is 11.9 Å². The summed E-state index contributed by atoms with van der Waals surface area (Å²) >= 11 is 12.5. The molecule has 158 valence electrons. The minimum absolute atomic E-state index is 0.102. The summed E-state index contributed by atoms with van der Waals surface area (Å²) in [6.07, 6.45) is 13.1. The summed E-state index contributed by atoms with van der Waals surface area (Å²) < 4.78 is 0. The number of aromatic nitrogens is 1. The van der Waals surface area contributed by atoms with E-state index in [2.05, 4.69) is 18.8 Å². The maximum atomic E-state index is 13.3. The van der Waals surface area contributed by atoms with Crippen LogP contribution in [0.15, 0.2) is 42.7 Å². The molecule has 5 heteroatoms. The molecule has 0 bridgehead atoms. The molecule has 0 spiro atoms. The number of hydrogen-bond donors (Lipinski definition) is 0. The molecule has 1 amide bonds. The van der Waals surface area contributed by atoms with E-state index in [9.17, 15) is 4.79 Å². The molecule has 2 aromatic rings. The third kappa shape index (κ3) is 7.64. The molecule has 29 heavy (non-hydrogen) atoms. The molecule has 3 nitrogen and oxygen atoms in total. The minimum Gasteiger partial charge on any atom is -0.305 e. The Labute approximate surface area is 185 Å². The Hall–Kier alpha value is -1.58. The summed E-state index contributed by atoms with van der Waals surface area (Å²) in [5.41, 5.74) is 1.75. The normalized spacial score (nSPS) is 12.0. The second-order valence-electron chi connectivity index (χ2n) is 7.47. The molecule has 0 aliphatic carbocycles. The maximum absolute atomic E-state index is 13.3. The van der Waals surface area contributed by atoms with Gasteiger partial charge in [-0.05, 0) is 42.7 Å². The van der Waals surface area contributed by atoms with Gasteiger partial charge in [-0.3, -0.25) is 9.78 Å². The number of nitrogens with zero attached hydrogens (tertiary/aromatic N) is 2. The topological polar surface area (TPSA) is 33.2 Å². The molecule has 0 aliphatic heterocycles. The van der Waals surface area contributed by atoms with E-state index >= 15 is 0 Å². The van der Waals surface area contributed by atoms with E-state index in [4.69, 9.17) is 23.2 Å². The predicted molar refractivity (Wildman–Crippen MR) is 124 cm³/mol. The molecule has 1 aromatic heterocycles. The molecule has 1 aromatic carbocycles. The second kappa shape index (κ2) is 12.9. The van der Waals surface area contributed by atoms with E-state index in [1.165, 1.54) is 32.1 Å². The number of benzene rings is 1. The second-order valence-corrected chi connectivity index (χ2v) is 8.35. The molecule has 0 saturated carbocycles. The molecule has 0 fully saturated rings. The first-order chi connectivity index (χ1) is 14.1. The lowest BCUT2D eigenvalue weighted by Crippen LogP contribution is -2.34. The number of rotatable bonds is 12. The van der Waals surface area contributed by atoms with Crippen LogP contribution in [0.2, 0.25) is 10.0 Å². The minimum atomic E-state index is -0.102. The van der Waals surface area contributed by atoms with Crippen molar-refractivity contribution in [3.63, 3.8) is 0 Å². The molecule has 1 heterocycles. The van der Waals surface area contributed by atoms with Crippen LogP contribution in [0.3, 0.4) is 0 Å². The zero-order valence-corrected chi connectivity index (χ0v) is 19.1. The third-order valence-electron chi connectivity index (χ3n) is 5.16. The summed E-state index contributed by atoms with van der Waals surface area (Å²) in [5, 5.41) is 1.06. The Bertz CT molecular complexity index is 732. The number of hydrogen-bond acceptors (Lipinski definition) is 2. The van der Waals surface area contributed by atoms with Crippen molar-refractivity contribution in [2.45, 2.75) is 77.7 Å². The molecular weight excluding hydrogens is 403 g/mol. The van der Waals surface area contributed by atoms with Gasteiger partial charge in [0.2, 0.25) is 5.91 Å². The van der Waals surface area contributed by atoms with Gasteiger partial charge in [-0.1, -0.05) is 81.6 Å². The average Bonchev–Trinajstić information content (AvgIpc) is 2.71. The number of carbonyl (C=O) groups excluding carboxylic acids is 1.